The SMILES string of the molecule is CCOC(=O)N1CCc2nc(NC(=O)C3CCCN3S(C)(=O)=O)sc2C1. The first-order valence-corrected chi connectivity index (χ1v) is 11.1. The van der Waals surface area contributed by atoms with Crippen molar-refractivity contribution in [3.05, 3.63) is 10.6 Å². The highest BCUT2D eigenvalue weighted by molar-refractivity contribution is 7.88. The molecule has 1 atom stereocenters. The molecule has 3 rings (SSSR count). The molecule has 2 aliphatic heterocycles. The van der Waals surface area contributed by atoms with Crippen molar-refractivity contribution >= 4 is 38.5 Å². The summed E-state index contributed by atoms with van der Waals surface area (Å²) in [4.78, 5) is 31.3. The summed E-state index contributed by atoms with van der Waals surface area (Å²) >= 11 is 1.31. The number of fused-ring (bicyclic) bond motifs is 1. The van der Waals surface area contributed by atoms with Crippen molar-refractivity contribution in [1.29, 1.82) is 0 Å². The fraction of sp³-hybridized carbons (Fsp3) is 0.667. The van der Waals surface area contributed by atoms with Crippen molar-refractivity contribution in [2.45, 2.75) is 38.8 Å². The average Bonchev–Trinajstić information content (AvgIpc) is 3.20. The van der Waals surface area contributed by atoms with E-state index in [0.29, 0.717) is 50.6 Å². The Balaban J connectivity index is 1.67. The van der Waals surface area contributed by atoms with Gasteiger partial charge in [0.05, 0.1) is 25.1 Å². The van der Waals surface area contributed by atoms with Crippen LogP contribution in [-0.4, -0.2) is 66.6 Å². The van der Waals surface area contributed by atoms with Crippen molar-refractivity contribution in [2.24, 2.45) is 0 Å². The summed E-state index contributed by atoms with van der Waals surface area (Å²) in [6.07, 6.45) is 2.52. The third-order valence-electron chi connectivity index (χ3n) is 4.42. The lowest BCUT2D eigenvalue weighted by atomic mass is 10.2. The first-order chi connectivity index (χ1) is 12.3. The minimum atomic E-state index is -3.42. The summed E-state index contributed by atoms with van der Waals surface area (Å²) in [6.45, 7) is 3.37. The van der Waals surface area contributed by atoms with Gasteiger partial charge in [-0.15, -0.1) is 0 Å². The minimum Gasteiger partial charge on any atom is -0.450 e. The number of sulfonamides is 1. The van der Waals surface area contributed by atoms with E-state index in [4.69, 9.17) is 4.74 Å². The molecule has 0 radical (unpaired) electrons. The average molecular weight is 402 g/mol. The first kappa shape index (κ1) is 19.1. The molecule has 2 aliphatic rings. The minimum absolute atomic E-state index is 0.324. The highest BCUT2D eigenvalue weighted by Crippen LogP contribution is 2.29. The van der Waals surface area contributed by atoms with E-state index in [-0.39, 0.29) is 12.0 Å². The lowest BCUT2D eigenvalue weighted by Crippen LogP contribution is -2.42. The van der Waals surface area contributed by atoms with Crippen LogP contribution in [0, 0.1) is 0 Å². The standard InChI is InChI=1S/C15H22N4O5S2/c1-3-24-15(21)18-8-6-10-12(9-18)25-14(16-10)17-13(20)11-5-4-7-19(11)26(2,22)23/h11H,3-9H2,1-2H3,(H,16,17,20). The summed E-state index contributed by atoms with van der Waals surface area (Å²) in [5.41, 5.74) is 0.859. The highest BCUT2D eigenvalue weighted by Gasteiger charge is 2.37. The van der Waals surface area contributed by atoms with Crippen LogP contribution in [0.2, 0.25) is 0 Å². The van der Waals surface area contributed by atoms with Crippen LogP contribution in [0.15, 0.2) is 0 Å². The third kappa shape index (κ3) is 3.99. The van der Waals surface area contributed by atoms with Crippen LogP contribution < -0.4 is 5.32 Å². The molecule has 144 valence electrons. The van der Waals surface area contributed by atoms with Gasteiger partial charge in [-0.25, -0.2) is 18.2 Å². The molecule has 1 fully saturated rings. The molecule has 1 aromatic heterocycles. The van der Waals surface area contributed by atoms with E-state index in [1.54, 1.807) is 11.8 Å². The van der Waals surface area contributed by atoms with Gasteiger partial charge in [0.2, 0.25) is 15.9 Å². The van der Waals surface area contributed by atoms with Gasteiger partial charge < -0.3 is 15.0 Å². The predicted octanol–water partition coefficient (Wildman–Crippen LogP) is 1.02. The molecule has 0 aromatic carbocycles. The quantitative estimate of drug-likeness (QED) is 0.805. The molecule has 1 saturated heterocycles. The predicted molar refractivity (Wildman–Crippen MR) is 96.5 cm³/mol. The zero-order valence-electron chi connectivity index (χ0n) is 14.7. The number of hydrogen-bond acceptors (Lipinski definition) is 7. The van der Waals surface area contributed by atoms with Gasteiger partial charge in [0.15, 0.2) is 5.13 Å². The fourth-order valence-electron chi connectivity index (χ4n) is 3.21. The molecule has 9 nitrogen and oxygen atoms in total. The van der Waals surface area contributed by atoms with Gasteiger partial charge >= 0.3 is 6.09 Å². The fourth-order valence-corrected chi connectivity index (χ4v) is 5.36. The Hall–Kier alpha value is -1.72. The smallest absolute Gasteiger partial charge is 0.410 e. The van der Waals surface area contributed by atoms with E-state index in [1.807, 2.05) is 0 Å². The maximum atomic E-state index is 12.5. The van der Waals surface area contributed by atoms with Gasteiger partial charge in [0, 0.05) is 24.4 Å². The van der Waals surface area contributed by atoms with Crippen LogP contribution in [0.4, 0.5) is 9.93 Å². The molecule has 0 saturated carbocycles. The number of nitrogens with one attached hydrogen (secondary N) is 1. The van der Waals surface area contributed by atoms with Gasteiger partial charge in [-0.05, 0) is 19.8 Å². The van der Waals surface area contributed by atoms with Crippen molar-refractivity contribution < 1.29 is 22.7 Å². The van der Waals surface area contributed by atoms with Crippen LogP contribution in [0.5, 0.6) is 0 Å². The monoisotopic (exact) mass is 402 g/mol. The Morgan fingerprint density at radius 2 is 2.15 bits per heavy atom. The number of ether oxygens (including phenoxy) is 1. The second kappa shape index (κ2) is 7.49. The van der Waals surface area contributed by atoms with Crippen LogP contribution >= 0.6 is 11.3 Å². The number of carbonyl (C=O) groups is 2. The lowest BCUT2D eigenvalue weighted by Gasteiger charge is -2.24. The number of anilines is 1. The topological polar surface area (TPSA) is 109 Å². The Morgan fingerprint density at radius 1 is 1.38 bits per heavy atom. The van der Waals surface area contributed by atoms with Gasteiger partial charge in [0.25, 0.3) is 0 Å². The third-order valence-corrected chi connectivity index (χ3v) is 6.71. The number of amides is 2. The number of rotatable bonds is 4. The van der Waals surface area contributed by atoms with E-state index in [0.717, 1.165) is 16.8 Å². The number of hydrogen-bond donors (Lipinski definition) is 1. The van der Waals surface area contributed by atoms with Gasteiger partial charge in [-0.2, -0.15) is 4.31 Å². The first-order valence-electron chi connectivity index (χ1n) is 8.47. The summed E-state index contributed by atoms with van der Waals surface area (Å²) < 4.78 is 29.8. The summed E-state index contributed by atoms with van der Waals surface area (Å²) in [5, 5.41) is 3.18. The zero-order valence-corrected chi connectivity index (χ0v) is 16.4. The molecule has 0 aliphatic carbocycles. The summed E-state index contributed by atoms with van der Waals surface area (Å²) in [6, 6.07) is -0.693. The van der Waals surface area contributed by atoms with E-state index in [2.05, 4.69) is 10.3 Å². The normalized spacial score (nSPS) is 20.7. The second-order valence-electron chi connectivity index (χ2n) is 6.28. The molecular weight excluding hydrogens is 380 g/mol. The Morgan fingerprint density at radius 3 is 2.85 bits per heavy atom. The molecule has 2 amide bonds. The number of carbonyl (C=O) groups excluding carboxylic acids is 2. The van der Waals surface area contributed by atoms with Crippen molar-refractivity contribution in [3.63, 3.8) is 0 Å². The van der Waals surface area contributed by atoms with Gasteiger partial charge in [-0.1, -0.05) is 11.3 Å². The van der Waals surface area contributed by atoms with Crippen molar-refractivity contribution in [2.75, 3.05) is 31.3 Å². The molecule has 26 heavy (non-hydrogen) atoms. The van der Waals surface area contributed by atoms with Crippen LogP contribution in [0.1, 0.15) is 30.3 Å². The molecule has 1 unspecified atom stereocenters. The highest BCUT2D eigenvalue weighted by atomic mass is 32.2. The van der Waals surface area contributed by atoms with E-state index >= 15 is 0 Å². The van der Waals surface area contributed by atoms with E-state index in [9.17, 15) is 18.0 Å². The largest absolute Gasteiger partial charge is 0.450 e. The molecule has 11 heteroatoms. The molecule has 0 bridgehead atoms. The van der Waals surface area contributed by atoms with Crippen LogP contribution in [-0.2, 0) is 32.5 Å². The molecule has 1 N–H and O–H groups in total. The van der Waals surface area contributed by atoms with Gasteiger partial charge in [0.1, 0.15) is 6.04 Å². The second-order valence-corrected chi connectivity index (χ2v) is 9.30. The maximum absolute atomic E-state index is 12.5. The van der Waals surface area contributed by atoms with Crippen molar-refractivity contribution in [3.8, 4) is 0 Å². The lowest BCUT2D eigenvalue weighted by molar-refractivity contribution is -0.119. The molecule has 3 heterocycles. The number of nitrogens with zero attached hydrogens (tertiary/aromatic N) is 3. The summed E-state index contributed by atoms with van der Waals surface area (Å²) in [7, 11) is -3.42. The van der Waals surface area contributed by atoms with E-state index in [1.165, 1.54) is 15.6 Å². The molecule has 1 aromatic rings. The molecular formula is C15H22N4O5S2. The Labute approximate surface area is 156 Å². The number of aromatic nitrogens is 1. The van der Waals surface area contributed by atoms with E-state index < -0.39 is 16.1 Å². The Bertz CT molecular complexity index is 807. The summed E-state index contributed by atoms with van der Waals surface area (Å²) in [5.74, 6) is -0.360. The van der Waals surface area contributed by atoms with Gasteiger partial charge in [-0.3, -0.25) is 4.79 Å². The number of thiazole rings is 1. The Kier molecular flexibility index (Phi) is 5.49. The molecule has 0 spiro atoms. The zero-order chi connectivity index (χ0) is 18.9. The van der Waals surface area contributed by atoms with Crippen molar-refractivity contribution in [1.82, 2.24) is 14.2 Å². The maximum Gasteiger partial charge on any atom is 0.410 e. The van der Waals surface area contributed by atoms with Crippen LogP contribution in [0.25, 0.3) is 0 Å². The van der Waals surface area contributed by atoms with Crippen LogP contribution in [0.3, 0.4) is 0 Å².